The molecule has 1 unspecified atom stereocenters. The van der Waals surface area contributed by atoms with Crippen LogP contribution < -0.4 is 0 Å². The average Bonchev–Trinajstić information content (AvgIpc) is 2.43. The Kier molecular flexibility index (Phi) is 5.12. The molecule has 0 amide bonds. The second-order valence-electron chi connectivity index (χ2n) is 3.90. The van der Waals surface area contributed by atoms with Crippen molar-refractivity contribution < 1.29 is 4.74 Å². The highest BCUT2D eigenvalue weighted by atomic mass is 35.5. The monoisotopic (exact) mass is 278 g/mol. The van der Waals surface area contributed by atoms with E-state index in [-0.39, 0.29) is 6.10 Å². The van der Waals surface area contributed by atoms with E-state index in [0.717, 1.165) is 10.8 Å². The van der Waals surface area contributed by atoms with Gasteiger partial charge in [-0.05, 0) is 29.8 Å². The number of benzene rings is 2. The van der Waals surface area contributed by atoms with E-state index in [0.29, 0.717) is 0 Å². The van der Waals surface area contributed by atoms with Crippen LogP contribution in [0.25, 0.3) is 0 Å². The normalized spacial score (nSPS) is 12.3. The van der Waals surface area contributed by atoms with Gasteiger partial charge < -0.3 is 4.74 Å². The fourth-order valence-electron chi connectivity index (χ4n) is 1.67. The van der Waals surface area contributed by atoms with E-state index in [2.05, 4.69) is 12.1 Å². The summed E-state index contributed by atoms with van der Waals surface area (Å²) >= 11 is 7.64. The van der Waals surface area contributed by atoms with E-state index < -0.39 is 0 Å². The summed E-state index contributed by atoms with van der Waals surface area (Å²) in [7, 11) is 1.75. The zero-order chi connectivity index (χ0) is 12.8. The fourth-order valence-corrected chi connectivity index (χ4v) is 2.80. The molecule has 18 heavy (non-hydrogen) atoms. The minimum atomic E-state index is 0.117. The van der Waals surface area contributed by atoms with Crippen molar-refractivity contribution in [3.8, 4) is 0 Å². The molecule has 2 aromatic carbocycles. The lowest BCUT2D eigenvalue weighted by atomic mass is 10.1. The Morgan fingerprint density at radius 2 is 1.72 bits per heavy atom. The number of methoxy groups -OCH3 is 1. The highest BCUT2D eigenvalue weighted by molar-refractivity contribution is 7.99. The Labute approximate surface area is 117 Å². The van der Waals surface area contributed by atoms with E-state index in [1.54, 1.807) is 18.9 Å². The molecule has 0 heterocycles. The summed E-state index contributed by atoms with van der Waals surface area (Å²) in [6, 6.07) is 18.2. The van der Waals surface area contributed by atoms with Crippen LogP contribution >= 0.6 is 23.4 Å². The van der Waals surface area contributed by atoms with E-state index in [9.17, 15) is 0 Å². The first-order chi connectivity index (χ1) is 8.79. The molecule has 94 valence electrons. The largest absolute Gasteiger partial charge is 0.376 e. The van der Waals surface area contributed by atoms with Crippen molar-refractivity contribution in [3.63, 3.8) is 0 Å². The maximum Gasteiger partial charge on any atom is 0.0914 e. The number of hydrogen-bond acceptors (Lipinski definition) is 2. The summed E-state index contributed by atoms with van der Waals surface area (Å²) < 4.78 is 5.53. The highest BCUT2D eigenvalue weighted by Crippen LogP contribution is 2.27. The van der Waals surface area contributed by atoms with Crippen LogP contribution in [0, 0.1) is 0 Å². The lowest BCUT2D eigenvalue weighted by Gasteiger charge is -2.15. The molecule has 0 spiro atoms. The van der Waals surface area contributed by atoms with Crippen molar-refractivity contribution in [2.75, 3.05) is 12.9 Å². The van der Waals surface area contributed by atoms with Crippen LogP contribution in [0.1, 0.15) is 11.7 Å². The molecule has 0 saturated carbocycles. The molecule has 0 bridgehead atoms. The molecule has 0 aromatic heterocycles. The van der Waals surface area contributed by atoms with Crippen molar-refractivity contribution in [3.05, 3.63) is 65.2 Å². The predicted octanol–water partition coefficient (Wildman–Crippen LogP) is 4.82. The molecule has 0 aliphatic carbocycles. The molecular formula is C15H15ClOS. The molecule has 0 fully saturated rings. The smallest absolute Gasteiger partial charge is 0.0914 e. The lowest BCUT2D eigenvalue weighted by Crippen LogP contribution is -2.04. The van der Waals surface area contributed by atoms with Gasteiger partial charge in [-0.25, -0.2) is 0 Å². The van der Waals surface area contributed by atoms with Gasteiger partial charge in [-0.2, -0.15) is 0 Å². The SMILES string of the molecule is COC(CSc1ccc(Cl)cc1)c1ccccc1. The quantitative estimate of drug-likeness (QED) is 0.725. The van der Waals surface area contributed by atoms with Gasteiger partial charge in [0.1, 0.15) is 0 Å². The van der Waals surface area contributed by atoms with Crippen molar-refractivity contribution in [1.82, 2.24) is 0 Å². The molecule has 2 rings (SSSR count). The second kappa shape index (κ2) is 6.83. The van der Waals surface area contributed by atoms with Crippen LogP contribution in [0.15, 0.2) is 59.5 Å². The molecule has 0 saturated heterocycles. The Morgan fingerprint density at radius 3 is 2.33 bits per heavy atom. The van der Waals surface area contributed by atoms with E-state index in [4.69, 9.17) is 16.3 Å². The zero-order valence-electron chi connectivity index (χ0n) is 10.2. The minimum Gasteiger partial charge on any atom is -0.376 e. The predicted molar refractivity (Wildman–Crippen MR) is 78.4 cm³/mol. The van der Waals surface area contributed by atoms with Crippen LogP contribution in [0.3, 0.4) is 0 Å². The van der Waals surface area contributed by atoms with E-state index in [1.165, 1.54) is 10.5 Å². The Morgan fingerprint density at radius 1 is 1.06 bits per heavy atom. The van der Waals surface area contributed by atoms with Crippen molar-refractivity contribution in [2.45, 2.75) is 11.0 Å². The molecule has 0 radical (unpaired) electrons. The van der Waals surface area contributed by atoms with Crippen LogP contribution in [0.4, 0.5) is 0 Å². The van der Waals surface area contributed by atoms with E-state index in [1.807, 2.05) is 42.5 Å². The third-order valence-corrected chi connectivity index (χ3v) is 4.00. The van der Waals surface area contributed by atoms with Crippen molar-refractivity contribution in [2.24, 2.45) is 0 Å². The van der Waals surface area contributed by atoms with Gasteiger partial charge >= 0.3 is 0 Å². The van der Waals surface area contributed by atoms with Crippen molar-refractivity contribution >= 4 is 23.4 Å². The highest BCUT2D eigenvalue weighted by Gasteiger charge is 2.10. The van der Waals surface area contributed by atoms with Gasteiger partial charge in [0.2, 0.25) is 0 Å². The maximum absolute atomic E-state index is 5.86. The van der Waals surface area contributed by atoms with Gasteiger partial charge in [0.25, 0.3) is 0 Å². The fraction of sp³-hybridized carbons (Fsp3) is 0.200. The number of halogens is 1. The van der Waals surface area contributed by atoms with Gasteiger partial charge in [0, 0.05) is 22.8 Å². The molecular weight excluding hydrogens is 264 g/mol. The van der Waals surface area contributed by atoms with Gasteiger partial charge in [-0.1, -0.05) is 41.9 Å². The van der Waals surface area contributed by atoms with Gasteiger partial charge in [0.05, 0.1) is 6.10 Å². The molecule has 2 aromatic rings. The van der Waals surface area contributed by atoms with Gasteiger partial charge in [-0.15, -0.1) is 11.8 Å². The third kappa shape index (κ3) is 3.77. The van der Waals surface area contributed by atoms with Crippen LogP contribution in [0.5, 0.6) is 0 Å². The Bertz CT molecular complexity index is 470. The average molecular weight is 279 g/mol. The van der Waals surface area contributed by atoms with Gasteiger partial charge in [0.15, 0.2) is 0 Å². The first kappa shape index (κ1) is 13.5. The number of ether oxygens (including phenoxy) is 1. The first-order valence-corrected chi connectivity index (χ1v) is 7.12. The summed E-state index contributed by atoms with van der Waals surface area (Å²) in [5.41, 5.74) is 1.21. The third-order valence-electron chi connectivity index (χ3n) is 2.67. The molecule has 3 heteroatoms. The number of hydrogen-bond donors (Lipinski definition) is 0. The second-order valence-corrected chi connectivity index (χ2v) is 5.43. The van der Waals surface area contributed by atoms with Gasteiger partial charge in [-0.3, -0.25) is 0 Å². The summed E-state index contributed by atoms with van der Waals surface area (Å²) in [6.45, 7) is 0. The lowest BCUT2D eigenvalue weighted by molar-refractivity contribution is 0.123. The molecule has 0 aliphatic rings. The minimum absolute atomic E-state index is 0.117. The number of thioether (sulfide) groups is 1. The molecule has 0 aliphatic heterocycles. The first-order valence-electron chi connectivity index (χ1n) is 5.75. The van der Waals surface area contributed by atoms with Crippen molar-refractivity contribution in [1.29, 1.82) is 0 Å². The molecule has 0 N–H and O–H groups in total. The Hall–Kier alpha value is -0.960. The summed E-state index contributed by atoms with van der Waals surface area (Å²) in [5.74, 6) is 0.891. The summed E-state index contributed by atoms with van der Waals surface area (Å²) in [4.78, 5) is 1.21. The zero-order valence-corrected chi connectivity index (χ0v) is 11.7. The maximum atomic E-state index is 5.86. The van der Waals surface area contributed by atoms with Crippen LogP contribution in [-0.2, 0) is 4.74 Å². The van der Waals surface area contributed by atoms with E-state index >= 15 is 0 Å². The Balaban J connectivity index is 1.97. The number of rotatable bonds is 5. The summed E-state index contributed by atoms with van der Waals surface area (Å²) in [6.07, 6.45) is 0.117. The van der Waals surface area contributed by atoms with Crippen LogP contribution in [-0.4, -0.2) is 12.9 Å². The summed E-state index contributed by atoms with van der Waals surface area (Å²) in [5, 5.41) is 0.769. The molecule has 1 nitrogen and oxygen atoms in total. The molecule has 1 atom stereocenters. The standard InChI is InChI=1S/C15H15ClOS/c1-17-15(12-5-3-2-4-6-12)11-18-14-9-7-13(16)8-10-14/h2-10,15H,11H2,1H3. The topological polar surface area (TPSA) is 9.23 Å². The van der Waals surface area contributed by atoms with Crippen LogP contribution in [0.2, 0.25) is 5.02 Å².